The molecule has 150 valence electrons. The number of carbonyl (C=O) groups is 4. The van der Waals surface area contributed by atoms with Gasteiger partial charge >= 0.3 is 23.9 Å². The van der Waals surface area contributed by atoms with Crippen LogP contribution < -0.4 is 0 Å². The van der Waals surface area contributed by atoms with Crippen LogP contribution in [0.5, 0.6) is 0 Å². The lowest BCUT2D eigenvalue weighted by Gasteiger charge is -2.43. The second-order valence-corrected chi connectivity index (χ2v) is 5.58. The molecule has 0 amide bonds. The van der Waals surface area contributed by atoms with E-state index in [1.54, 1.807) is 0 Å². The van der Waals surface area contributed by atoms with Crippen molar-refractivity contribution in [1.82, 2.24) is 0 Å². The number of terminal acetylenes is 1. The second kappa shape index (κ2) is 10.5. The van der Waals surface area contributed by atoms with E-state index in [-0.39, 0.29) is 13.2 Å². The third kappa shape index (κ3) is 7.24. The molecule has 0 radical (unpaired) electrons. The van der Waals surface area contributed by atoms with Gasteiger partial charge in [0.1, 0.15) is 19.3 Å². The molecule has 0 spiro atoms. The maximum atomic E-state index is 11.6. The summed E-state index contributed by atoms with van der Waals surface area (Å²) in [6.07, 6.45) is -0.894. The highest BCUT2D eigenvalue weighted by Crippen LogP contribution is 2.29. The molecule has 0 aromatic heterocycles. The maximum Gasteiger partial charge on any atom is 0.303 e. The van der Waals surface area contributed by atoms with Crippen LogP contribution in [0, 0.1) is 12.3 Å². The minimum atomic E-state index is -1.27. The van der Waals surface area contributed by atoms with Crippen LogP contribution in [0.15, 0.2) is 0 Å². The van der Waals surface area contributed by atoms with Crippen LogP contribution in [0.1, 0.15) is 27.7 Å². The molecule has 0 aromatic carbocycles. The van der Waals surface area contributed by atoms with Crippen molar-refractivity contribution in [2.24, 2.45) is 0 Å². The van der Waals surface area contributed by atoms with Crippen molar-refractivity contribution in [2.75, 3.05) is 13.2 Å². The van der Waals surface area contributed by atoms with E-state index in [2.05, 4.69) is 5.92 Å². The minimum Gasteiger partial charge on any atom is -0.463 e. The Bertz CT molecular complexity index is 607. The molecule has 10 nitrogen and oxygen atoms in total. The quantitative estimate of drug-likeness (QED) is 0.328. The van der Waals surface area contributed by atoms with Crippen molar-refractivity contribution >= 4 is 23.9 Å². The SMILES string of the molecule is C#CCOC1O[C@H](COC(C)=O)[C@@H](OC(C)=O)[C@H](OC(C)=O)[C@@H]1OC(C)=O. The monoisotopic (exact) mass is 386 g/mol. The van der Waals surface area contributed by atoms with Gasteiger partial charge in [0.25, 0.3) is 0 Å². The molecule has 1 rings (SSSR count). The maximum absolute atomic E-state index is 11.6. The summed E-state index contributed by atoms with van der Waals surface area (Å²) >= 11 is 0. The fourth-order valence-corrected chi connectivity index (χ4v) is 2.45. The van der Waals surface area contributed by atoms with Crippen LogP contribution in [0.4, 0.5) is 0 Å². The molecule has 0 bridgehead atoms. The molecule has 1 aliphatic rings. The molecule has 5 atom stereocenters. The average Bonchev–Trinajstić information content (AvgIpc) is 2.54. The molecule has 10 heteroatoms. The van der Waals surface area contributed by atoms with Crippen molar-refractivity contribution < 1.29 is 47.6 Å². The average molecular weight is 386 g/mol. The summed E-state index contributed by atoms with van der Waals surface area (Å²) in [5.41, 5.74) is 0. The number of rotatable bonds is 7. The Balaban J connectivity index is 3.25. The number of carbonyl (C=O) groups excluding carboxylic acids is 4. The van der Waals surface area contributed by atoms with Crippen LogP contribution >= 0.6 is 0 Å². The summed E-state index contributed by atoms with van der Waals surface area (Å²) in [5, 5.41) is 0. The van der Waals surface area contributed by atoms with E-state index in [4.69, 9.17) is 34.8 Å². The molecule has 27 heavy (non-hydrogen) atoms. The van der Waals surface area contributed by atoms with Gasteiger partial charge in [-0.2, -0.15) is 0 Å². The highest BCUT2D eigenvalue weighted by Gasteiger charge is 2.52. The van der Waals surface area contributed by atoms with Gasteiger partial charge in [0.15, 0.2) is 24.6 Å². The zero-order chi connectivity index (χ0) is 20.6. The Labute approximate surface area is 156 Å². The lowest BCUT2D eigenvalue weighted by Crippen LogP contribution is -2.62. The smallest absolute Gasteiger partial charge is 0.303 e. The number of esters is 4. The fraction of sp³-hybridized carbons (Fsp3) is 0.647. The second-order valence-electron chi connectivity index (χ2n) is 5.58. The van der Waals surface area contributed by atoms with Gasteiger partial charge in [-0.15, -0.1) is 6.42 Å². The van der Waals surface area contributed by atoms with Crippen LogP contribution in [0.2, 0.25) is 0 Å². The fourth-order valence-electron chi connectivity index (χ4n) is 2.45. The first kappa shape index (κ1) is 22.4. The normalized spacial score (nSPS) is 27.0. The van der Waals surface area contributed by atoms with E-state index in [9.17, 15) is 19.2 Å². The van der Waals surface area contributed by atoms with Gasteiger partial charge in [-0.1, -0.05) is 5.92 Å². The number of hydrogen-bond donors (Lipinski definition) is 0. The number of ether oxygens (including phenoxy) is 6. The molecule has 0 saturated carbocycles. The summed E-state index contributed by atoms with van der Waals surface area (Å²) in [6.45, 7) is 4.05. The predicted octanol–water partition coefficient (Wildman–Crippen LogP) is -0.281. The van der Waals surface area contributed by atoms with Gasteiger partial charge in [-0.25, -0.2) is 0 Å². The zero-order valence-electron chi connectivity index (χ0n) is 15.5. The number of hydrogen-bond acceptors (Lipinski definition) is 10. The Morgan fingerprint density at radius 3 is 1.85 bits per heavy atom. The lowest BCUT2D eigenvalue weighted by molar-refractivity contribution is -0.305. The molecule has 1 saturated heterocycles. The van der Waals surface area contributed by atoms with Crippen molar-refractivity contribution in [3.8, 4) is 12.3 Å². The third-order valence-corrected chi connectivity index (χ3v) is 3.28. The summed E-state index contributed by atoms with van der Waals surface area (Å²) in [6, 6.07) is 0. The van der Waals surface area contributed by atoms with Gasteiger partial charge in [-0.05, 0) is 0 Å². The molecule has 1 heterocycles. The molecule has 1 aliphatic heterocycles. The van der Waals surface area contributed by atoms with Crippen LogP contribution in [-0.4, -0.2) is 67.8 Å². The summed E-state index contributed by atoms with van der Waals surface area (Å²) in [5.74, 6) is -0.519. The van der Waals surface area contributed by atoms with E-state index in [1.807, 2.05) is 0 Å². The summed E-state index contributed by atoms with van der Waals surface area (Å²) in [7, 11) is 0. The van der Waals surface area contributed by atoms with E-state index in [0.717, 1.165) is 20.8 Å². The van der Waals surface area contributed by atoms with Crippen molar-refractivity contribution in [2.45, 2.75) is 58.4 Å². The highest BCUT2D eigenvalue weighted by atomic mass is 16.7. The molecule has 1 unspecified atom stereocenters. The Morgan fingerprint density at radius 1 is 0.852 bits per heavy atom. The van der Waals surface area contributed by atoms with E-state index in [1.165, 1.54) is 6.92 Å². The minimum absolute atomic E-state index is 0.201. The Hall–Kier alpha value is -2.64. The topological polar surface area (TPSA) is 124 Å². The van der Waals surface area contributed by atoms with Gasteiger partial charge in [-0.3, -0.25) is 19.2 Å². The molecule has 0 aliphatic carbocycles. The first-order valence-corrected chi connectivity index (χ1v) is 8.01. The van der Waals surface area contributed by atoms with Gasteiger partial charge in [0.2, 0.25) is 0 Å². The molecular weight excluding hydrogens is 364 g/mol. The van der Waals surface area contributed by atoms with Crippen molar-refractivity contribution in [3.63, 3.8) is 0 Å². The zero-order valence-corrected chi connectivity index (χ0v) is 15.5. The highest BCUT2D eigenvalue weighted by molar-refractivity contribution is 5.68. The first-order valence-electron chi connectivity index (χ1n) is 8.01. The molecule has 1 fully saturated rings. The van der Waals surface area contributed by atoms with E-state index < -0.39 is 54.6 Å². The summed E-state index contributed by atoms with van der Waals surface area (Å²) in [4.78, 5) is 45.7. The molecular formula is C17H22O10. The van der Waals surface area contributed by atoms with Crippen LogP contribution in [0.25, 0.3) is 0 Å². The first-order chi connectivity index (χ1) is 12.6. The van der Waals surface area contributed by atoms with Crippen LogP contribution in [-0.2, 0) is 47.6 Å². The van der Waals surface area contributed by atoms with Gasteiger partial charge in [0, 0.05) is 27.7 Å². The van der Waals surface area contributed by atoms with Crippen molar-refractivity contribution in [1.29, 1.82) is 0 Å². The van der Waals surface area contributed by atoms with Gasteiger partial charge in [0.05, 0.1) is 0 Å². The summed E-state index contributed by atoms with van der Waals surface area (Å²) < 4.78 is 31.5. The van der Waals surface area contributed by atoms with Crippen LogP contribution in [0.3, 0.4) is 0 Å². The van der Waals surface area contributed by atoms with E-state index >= 15 is 0 Å². The predicted molar refractivity (Wildman–Crippen MR) is 86.7 cm³/mol. The van der Waals surface area contributed by atoms with Gasteiger partial charge < -0.3 is 28.4 Å². The molecule has 0 aromatic rings. The molecule has 0 N–H and O–H groups in total. The lowest BCUT2D eigenvalue weighted by atomic mass is 9.98. The standard InChI is InChI=1S/C17H22O10/c1-6-7-22-17-16(26-12(5)21)15(25-11(4)20)14(24-10(3)19)13(27-17)8-23-9(2)18/h1,13-17H,7-8H2,2-5H3/t13-,14-,15+,16+,17?/m1/s1. The third-order valence-electron chi connectivity index (χ3n) is 3.28. The van der Waals surface area contributed by atoms with E-state index in [0.29, 0.717) is 0 Å². The van der Waals surface area contributed by atoms with Crippen molar-refractivity contribution in [3.05, 3.63) is 0 Å². The largest absolute Gasteiger partial charge is 0.463 e. The Morgan fingerprint density at radius 2 is 1.37 bits per heavy atom. The Kier molecular flexibility index (Phi) is 8.71.